The van der Waals surface area contributed by atoms with E-state index in [9.17, 15) is 5.11 Å². The minimum absolute atomic E-state index is 0.199. The predicted octanol–water partition coefficient (Wildman–Crippen LogP) is 3.64. The van der Waals surface area contributed by atoms with Crippen molar-refractivity contribution in [2.75, 3.05) is 0 Å². The first-order valence-electron chi connectivity index (χ1n) is 6.32. The molecule has 0 saturated carbocycles. The average Bonchev–Trinajstić information content (AvgIpc) is 2.25. The van der Waals surface area contributed by atoms with Crippen LogP contribution in [0.3, 0.4) is 0 Å². The van der Waals surface area contributed by atoms with Gasteiger partial charge in [0.25, 0.3) is 0 Å². The zero-order valence-corrected chi connectivity index (χ0v) is 11.0. The van der Waals surface area contributed by atoms with E-state index >= 15 is 0 Å². The highest BCUT2D eigenvalue weighted by Crippen LogP contribution is 2.19. The Labute approximate surface area is 99.5 Å². The third kappa shape index (κ3) is 3.34. The fraction of sp³-hybridized carbons (Fsp3) is 0.600. The first kappa shape index (κ1) is 13.2. The van der Waals surface area contributed by atoms with Crippen molar-refractivity contribution in [3.63, 3.8) is 0 Å². The van der Waals surface area contributed by atoms with Crippen LogP contribution in [0.1, 0.15) is 43.4 Å². The third-order valence-corrected chi connectivity index (χ3v) is 3.53. The van der Waals surface area contributed by atoms with Gasteiger partial charge in [-0.1, -0.05) is 50.5 Å². The van der Waals surface area contributed by atoms with Gasteiger partial charge < -0.3 is 5.11 Å². The summed E-state index contributed by atoms with van der Waals surface area (Å²) < 4.78 is 0. The van der Waals surface area contributed by atoms with Gasteiger partial charge >= 0.3 is 0 Å². The van der Waals surface area contributed by atoms with Gasteiger partial charge in [-0.3, -0.25) is 0 Å². The molecule has 0 saturated heterocycles. The first-order chi connectivity index (χ1) is 7.58. The van der Waals surface area contributed by atoms with E-state index in [1.807, 2.05) is 0 Å². The van der Waals surface area contributed by atoms with Crippen molar-refractivity contribution in [2.24, 2.45) is 5.92 Å². The van der Waals surface area contributed by atoms with Crippen LogP contribution in [0.25, 0.3) is 0 Å². The maximum absolute atomic E-state index is 10.2. The highest BCUT2D eigenvalue weighted by Gasteiger charge is 2.16. The zero-order chi connectivity index (χ0) is 12.1. The van der Waals surface area contributed by atoms with Gasteiger partial charge in [-0.2, -0.15) is 0 Å². The Balaban J connectivity index is 2.75. The fourth-order valence-corrected chi connectivity index (χ4v) is 2.24. The lowest BCUT2D eigenvalue weighted by molar-refractivity contribution is 0.103. The molecule has 1 aromatic rings. The SMILES string of the molecule is CCC(CC)C(O)Cc1cc(C)ccc1C. The van der Waals surface area contributed by atoms with Crippen molar-refractivity contribution in [2.45, 2.75) is 53.1 Å². The highest BCUT2D eigenvalue weighted by atomic mass is 16.3. The Hall–Kier alpha value is -0.820. The second kappa shape index (κ2) is 6.05. The van der Waals surface area contributed by atoms with Crippen LogP contribution in [0.5, 0.6) is 0 Å². The van der Waals surface area contributed by atoms with Gasteiger partial charge in [0, 0.05) is 0 Å². The Bertz CT molecular complexity index is 326. The largest absolute Gasteiger partial charge is 0.392 e. The third-order valence-electron chi connectivity index (χ3n) is 3.53. The molecule has 0 amide bonds. The van der Waals surface area contributed by atoms with Crippen LogP contribution in [0.2, 0.25) is 0 Å². The number of hydrogen-bond acceptors (Lipinski definition) is 1. The van der Waals surface area contributed by atoms with E-state index in [0.717, 1.165) is 19.3 Å². The van der Waals surface area contributed by atoms with E-state index in [-0.39, 0.29) is 6.10 Å². The Morgan fingerprint density at radius 2 is 1.75 bits per heavy atom. The highest BCUT2D eigenvalue weighted by molar-refractivity contribution is 5.30. The lowest BCUT2D eigenvalue weighted by Crippen LogP contribution is -2.22. The van der Waals surface area contributed by atoms with Crippen molar-refractivity contribution >= 4 is 0 Å². The van der Waals surface area contributed by atoms with Crippen LogP contribution < -0.4 is 0 Å². The van der Waals surface area contributed by atoms with E-state index in [1.165, 1.54) is 16.7 Å². The van der Waals surface area contributed by atoms with Crippen LogP contribution in [-0.2, 0) is 6.42 Å². The van der Waals surface area contributed by atoms with Crippen molar-refractivity contribution in [3.05, 3.63) is 34.9 Å². The van der Waals surface area contributed by atoms with Crippen molar-refractivity contribution in [3.8, 4) is 0 Å². The van der Waals surface area contributed by atoms with Gasteiger partial charge in [-0.25, -0.2) is 0 Å². The molecule has 1 atom stereocenters. The summed E-state index contributed by atoms with van der Waals surface area (Å²) in [6.45, 7) is 8.53. The lowest BCUT2D eigenvalue weighted by Gasteiger charge is -2.21. The second-order valence-electron chi connectivity index (χ2n) is 4.78. The minimum atomic E-state index is -0.199. The van der Waals surface area contributed by atoms with E-state index in [2.05, 4.69) is 45.9 Å². The molecule has 1 unspecified atom stereocenters. The Morgan fingerprint density at radius 3 is 2.31 bits per heavy atom. The van der Waals surface area contributed by atoms with Crippen molar-refractivity contribution < 1.29 is 5.11 Å². The maximum Gasteiger partial charge on any atom is 0.0608 e. The van der Waals surface area contributed by atoms with E-state index < -0.39 is 0 Å². The van der Waals surface area contributed by atoms with Crippen LogP contribution in [0, 0.1) is 19.8 Å². The van der Waals surface area contributed by atoms with Crippen molar-refractivity contribution in [1.82, 2.24) is 0 Å². The first-order valence-corrected chi connectivity index (χ1v) is 6.32. The predicted molar refractivity (Wildman–Crippen MR) is 69.7 cm³/mol. The number of rotatable bonds is 5. The average molecular weight is 220 g/mol. The maximum atomic E-state index is 10.2. The monoisotopic (exact) mass is 220 g/mol. The zero-order valence-electron chi connectivity index (χ0n) is 11.0. The summed E-state index contributed by atoms with van der Waals surface area (Å²) in [4.78, 5) is 0. The number of benzene rings is 1. The molecule has 0 aromatic heterocycles. The van der Waals surface area contributed by atoms with Gasteiger partial charge in [0.05, 0.1) is 6.10 Å². The summed E-state index contributed by atoms with van der Waals surface area (Å²) in [6, 6.07) is 6.47. The molecule has 16 heavy (non-hydrogen) atoms. The molecule has 1 rings (SSSR count). The molecule has 0 aliphatic rings. The summed E-state index contributed by atoms with van der Waals surface area (Å²) in [6.07, 6.45) is 2.71. The van der Waals surface area contributed by atoms with Gasteiger partial charge in [0.1, 0.15) is 0 Å². The van der Waals surface area contributed by atoms with E-state index in [0.29, 0.717) is 5.92 Å². The van der Waals surface area contributed by atoms with Gasteiger partial charge in [0.2, 0.25) is 0 Å². The molecule has 0 bridgehead atoms. The molecule has 0 aliphatic heterocycles. The fourth-order valence-electron chi connectivity index (χ4n) is 2.24. The molecule has 90 valence electrons. The molecule has 1 heteroatoms. The second-order valence-corrected chi connectivity index (χ2v) is 4.78. The summed E-state index contributed by atoms with van der Waals surface area (Å²) in [5.74, 6) is 0.430. The van der Waals surface area contributed by atoms with Crippen LogP contribution in [-0.4, -0.2) is 11.2 Å². The topological polar surface area (TPSA) is 20.2 Å². The van der Waals surface area contributed by atoms with Gasteiger partial charge in [-0.05, 0) is 37.3 Å². The Morgan fingerprint density at radius 1 is 1.12 bits per heavy atom. The quantitative estimate of drug-likeness (QED) is 0.803. The number of aryl methyl sites for hydroxylation is 2. The molecule has 0 aliphatic carbocycles. The molecule has 1 aromatic carbocycles. The molecule has 0 radical (unpaired) electrons. The van der Waals surface area contributed by atoms with Crippen LogP contribution in [0.15, 0.2) is 18.2 Å². The van der Waals surface area contributed by atoms with Crippen molar-refractivity contribution in [1.29, 1.82) is 0 Å². The van der Waals surface area contributed by atoms with Crippen LogP contribution in [0.4, 0.5) is 0 Å². The smallest absolute Gasteiger partial charge is 0.0608 e. The lowest BCUT2D eigenvalue weighted by atomic mass is 9.90. The summed E-state index contributed by atoms with van der Waals surface area (Å²) >= 11 is 0. The normalized spacial score (nSPS) is 13.1. The minimum Gasteiger partial charge on any atom is -0.392 e. The summed E-state index contributed by atoms with van der Waals surface area (Å²) in [7, 11) is 0. The number of aliphatic hydroxyl groups is 1. The molecular weight excluding hydrogens is 196 g/mol. The van der Waals surface area contributed by atoms with E-state index in [4.69, 9.17) is 0 Å². The molecular formula is C15H24O. The molecule has 1 nitrogen and oxygen atoms in total. The molecule has 0 fully saturated rings. The van der Waals surface area contributed by atoms with Gasteiger partial charge in [0.15, 0.2) is 0 Å². The molecule has 1 N–H and O–H groups in total. The Kier molecular flexibility index (Phi) is 5.01. The van der Waals surface area contributed by atoms with Gasteiger partial charge in [-0.15, -0.1) is 0 Å². The van der Waals surface area contributed by atoms with E-state index in [1.54, 1.807) is 0 Å². The number of aliphatic hydroxyl groups excluding tert-OH is 1. The summed E-state index contributed by atoms with van der Waals surface area (Å²) in [5.41, 5.74) is 3.85. The number of hydrogen-bond donors (Lipinski definition) is 1. The molecule has 0 spiro atoms. The molecule has 0 heterocycles. The standard InChI is InChI=1S/C15H24O/c1-5-13(6-2)15(16)10-14-9-11(3)7-8-12(14)4/h7-9,13,15-16H,5-6,10H2,1-4H3. The van der Waals surface area contributed by atoms with Crippen LogP contribution >= 0.6 is 0 Å². The summed E-state index contributed by atoms with van der Waals surface area (Å²) in [5, 5.41) is 10.2.